The van der Waals surface area contributed by atoms with Crippen LogP contribution in [0.3, 0.4) is 0 Å². The predicted octanol–water partition coefficient (Wildman–Crippen LogP) is 1.23. The van der Waals surface area contributed by atoms with Crippen LogP contribution in [0.5, 0.6) is 0 Å². The summed E-state index contributed by atoms with van der Waals surface area (Å²) in [6.07, 6.45) is 0. The van der Waals surface area contributed by atoms with Gasteiger partial charge in [0.1, 0.15) is 5.82 Å². The van der Waals surface area contributed by atoms with Crippen molar-refractivity contribution in [3.05, 3.63) is 30.1 Å². The molecule has 1 aliphatic heterocycles. The maximum atomic E-state index is 12.9. The van der Waals surface area contributed by atoms with Gasteiger partial charge in [0.15, 0.2) is 0 Å². The lowest BCUT2D eigenvalue weighted by atomic mass is 10.1. The molecule has 0 bridgehead atoms. The molecule has 94 valence electrons. The van der Waals surface area contributed by atoms with Crippen LogP contribution in [0.4, 0.5) is 10.1 Å². The highest BCUT2D eigenvalue weighted by Gasteiger charge is 2.20. The van der Waals surface area contributed by atoms with Gasteiger partial charge in [0, 0.05) is 24.8 Å². The fourth-order valence-corrected chi connectivity index (χ4v) is 2.20. The van der Waals surface area contributed by atoms with Crippen molar-refractivity contribution in [3.8, 4) is 0 Å². The third-order valence-electron chi connectivity index (χ3n) is 3.14. The van der Waals surface area contributed by atoms with Gasteiger partial charge >= 0.3 is 0 Å². The number of benzene rings is 1. The summed E-state index contributed by atoms with van der Waals surface area (Å²) in [7, 11) is 0. The van der Waals surface area contributed by atoms with Gasteiger partial charge in [-0.1, -0.05) is 6.92 Å². The highest BCUT2D eigenvalue weighted by Crippen LogP contribution is 2.18. The molecule has 1 heterocycles. The van der Waals surface area contributed by atoms with Gasteiger partial charge in [-0.05, 0) is 36.7 Å². The summed E-state index contributed by atoms with van der Waals surface area (Å²) >= 11 is 0. The van der Waals surface area contributed by atoms with Crippen LogP contribution in [0.2, 0.25) is 0 Å². The summed E-state index contributed by atoms with van der Waals surface area (Å²) in [5.74, 6) is 0.296. The molecule has 4 heteroatoms. The monoisotopic (exact) mass is 238 g/mol. The Bertz CT molecular complexity index is 355. The van der Waals surface area contributed by atoms with E-state index in [-0.39, 0.29) is 18.5 Å². The average molecular weight is 238 g/mol. The van der Waals surface area contributed by atoms with Gasteiger partial charge in [-0.15, -0.1) is 0 Å². The third-order valence-corrected chi connectivity index (χ3v) is 3.14. The lowest BCUT2D eigenvalue weighted by molar-refractivity contribution is 0.247. The normalized spacial score (nSPS) is 25.7. The largest absolute Gasteiger partial charge is 0.395 e. The summed E-state index contributed by atoms with van der Waals surface area (Å²) in [6, 6.07) is 6.63. The van der Waals surface area contributed by atoms with Crippen LogP contribution >= 0.6 is 0 Å². The summed E-state index contributed by atoms with van der Waals surface area (Å²) in [5.41, 5.74) is 1.01. The van der Waals surface area contributed by atoms with Crippen LogP contribution in [0, 0.1) is 11.7 Å². The Morgan fingerprint density at radius 2 is 2.06 bits per heavy atom. The molecule has 2 unspecified atom stereocenters. The molecule has 1 aromatic carbocycles. The average Bonchev–Trinajstić information content (AvgIpc) is 2.52. The summed E-state index contributed by atoms with van der Waals surface area (Å²) < 4.78 is 12.9. The summed E-state index contributed by atoms with van der Waals surface area (Å²) in [5, 5.41) is 12.6. The number of hydrogen-bond donors (Lipinski definition) is 2. The molecule has 1 saturated heterocycles. The molecule has 1 aromatic rings. The van der Waals surface area contributed by atoms with Crippen LogP contribution in [0.15, 0.2) is 24.3 Å². The second-order valence-corrected chi connectivity index (χ2v) is 4.77. The van der Waals surface area contributed by atoms with Crippen molar-refractivity contribution in [3.63, 3.8) is 0 Å². The minimum Gasteiger partial charge on any atom is -0.395 e. The molecule has 0 spiro atoms. The first kappa shape index (κ1) is 12.3. The van der Waals surface area contributed by atoms with Crippen molar-refractivity contribution in [2.24, 2.45) is 5.92 Å². The number of anilines is 1. The van der Waals surface area contributed by atoms with E-state index in [1.54, 1.807) is 12.1 Å². The summed E-state index contributed by atoms with van der Waals surface area (Å²) in [6.45, 7) is 4.89. The van der Waals surface area contributed by atoms with Gasteiger partial charge in [0.2, 0.25) is 0 Å². The smallest absolute Gasteiger partial charge is 0.123 e. The molecule has 0 aliphatic carbocycles. The second-order valence-electron chi connectivity index (χ2n) is 4.77. The fraction of sp³-hybridized carbons (Fsp3) is 0.538. The van der Waals surface area contributed by atoms with Crippen molar-refractivity contribution in [1.82, 2.24) is 5.32 Å². The molecule has 2 atom stereocenters. The number of hydrogen-bond acceptors (Lipinski definition) is 3. The number of halogens is 1. The van der Waals surface area contributed by atoms with Crippen LogP contribution < -0.4 is 10.2 Å². The van der Waals surface area contributed by atoms with E-state index in [1.807, 2.05) is 0 Å². The van der Waals surface area contributed by atoms with Crippen molar-refractivity contribution in [1.29, 1.82) is 0 Å². The molecule has 2 N–H and O–H groups in total. The Kier molecular flexibility index (Phi) is 3.97. The first-order chi connectivity index (χ1) is 8.19. The van der Waals surface area contributed by atoms with Crippen LogP contribution in [-0.4, -0.2) is 37.4 Å². The van der Waals surface area contributed by atoms with Gasteiger partial charge in [0.25, 0.3) is 0 Å². The Labute approximate surface area is 101 Å². The quantitative estimate of drug-likeness (QED) is 0.813. The maximum Gasteiger partial charge on any atom is 0.123 e. The van der Waals surface area contributed by atoms with E-state index < -0.39 is 0 Å². The Balaban J connectivity index is 2.14. The Hall–Kier alpha value is -1.13. The van der Waals surface area contributed by atoms with E-state index >= 15 is 0 Å². The molecule has 3 nitrogen and oxygen atoms in total. The van der Waals surface area contributed by atoms with Crippen LogP contribution in [0.25, 0.3) is 0 Å². The first-order valence-corrected chi connectivity index (χ1v) is 6.04. The number of rotatable bonds is 2. The van der Waals surface area contributed by atoms with E-state index in [4.69, 9.17) is 0 Å². The van der Waals surface area contributed by atoms with Crippen molar-refractivity contribution >= 4 is 5.69 Å². The maximum absolute atomic E-state index is 12.9. The molecule has 1 fully saturated rings. The molecular weight excluding hydrogens is 219 g/mol. The van der Waals surface area contributed by atoms with Crippen molar-refractivity contribution in [2.45, 2.75) is 13.0 Å². The third kappa shape index (κ3) is 3.17. The van der Waals surface area contributed by atoms with E-state index in [0.29, 0.717) is 5.92 Å². The van der Waals surface area contributed by atoms with E-state index in [2.05, 4.69) is 17.1 Å². The number of aliphatic hydroxyl groups excluding tert-OH is 1. The van der Waals surface area contributed by atoms with E-state index in [0.717, 1.165) is 25.3 Å². The molecule has 2 rings (SSSR count). The predicted molar refractivity (Wildman–Crippen MR) is 66.7 cm³/mol. The molecule has 0 amide bonds. The highest BCUT2D eigenvalue weighted by molar-refractivity contribution is 5.46. The molecule has 0 aromatic heterocycles. The van der Waals surface area contributed by atoms with Gasteiger partial charge in [-0.25, -0.2) is 4.39 Å². The lowest BCUT2D eigenvalue weighted by Crippen LogP contribution is -2.40. The lowest BCUT2D eigenvalue weighted by Gasteiger charge is -2.26. The fourth-order valence-electron chi connectivity index (χ4n) is 2.20. The SMILES string of the molecule is CC1CNC(CO)CN(c2ccc(F)cc2)C1. The Morgan fingerprint density at radius 1 is 1.35 bits per heavy atom. The van der Waals surface area contributed by atoms with Gasteiger partial charge in [0.05, 0.1) is 6.61 Å². The van der Waals surface area contributed by atoms with Crippen LogP contribution in [0.1, 0.15) is 6.92 Å². The van der Waals surface area contributed by atoms with Crippen molar-refractivity contribution < 1.29 is 9.50 Å². The van der Waals surface area contributed by atoms with E-state index in [1.165, 1.54) is 12.1 Å². The molecular formula is C13H19FN2O. The number of nitrogens with one attached hydrogen (secondary N) is 1. The molecule has 1 aliphatic rings. The zero-order valence-electron chi connectivity index (χ0n) is 10.1. The Morgan fingerprint density at radius 3 is 2.71 bits per heavy atom. The standard InChI is InChI=1S/C13H19FN2O/c1-10-6-15-12(9-17)8-16(7-10)13-4-2-11(14)3-5-13/h2-5,10,12,15,17H,6-9H2,1H3. The van der Waals surface area contributed by atoms with Crippen LogP contribution in [-0.2, 0) is 0 Å². The molecule has 17 heavy (non-hydrogen) atoms. The highest BCUT2D eigenvalue weighted by atomic mass is 19.1. The van der Waals surface area contributed by atoms with Gasteiger partial charge in [-0.3, -0.25) is 0 Å². The number of aliphatic hydroxyl groups is 1. The van der Waals surface area contributed by atoms with Crippen molar-refractivity contribution in [2.75, 3.05) is 31.1 Å². The first-order valence-electron chi connectivity index (χ1n) is 6.04. The topological polar surface area (TPSA) is 35.5 Å². The zero-order valence-corrected chi connectivity index (χ0v) is 10.1. The van der Waals surface area contributed by atoms with Gasteiger partial charge in [-0.2, -0.15) is 0 Å². The molecule has 0 saturated carbocycles. The second kappa shape index (κ2) is 5.47. The van der Waals surface area contributed by atoms with E-state index in [9.17, 15) is 9.50 Å². The number of nitrogens with zero attached hydrogens (tertiary/aromatic N) is 1. The van der Waals surface area contributed by atoms with Gasteiger partial charge < -0.3 is 15.3 Å². The molecule has 0 radical (unpaired) electrons. The minimum absolute atomic E-state index is 0.0880. The summed E-state index contributed by atoms with van der Waals surface area (Å²) in [4.78, 5) is 2.20. The zero-order chi connectivity index (χ0) is 12.3. The minimum atomic E-state index is -0.214.